The van der Waals surface area contributed by atoms with Crippen molar-refractivity contribution in [2.45, 2.75) is 39.2 Å². The molecule has 0 aliphatic carbocycles. The molecule has 3 N–H and O–H groups in total. The third kappa shape index (κ3) is 4.23. The van der Waals surface area contributed by atoms with E-state index >= 15 is 0 Å². The van der Waals surface area contributed by atoms with E-state index in [4.69, 9.17) is 15.9 Å². The van der Waals surface area contributed by atoms with Gasteiger partial charge in [-0.15, -0.1) is 0 Å². The van der Waals surface area contributed by atoms with Gasteiger partial charge >= 0.3 is 6.09 Å². The summed E-state index contributed by atoms with van der Waals surface area (Å²) in [6.45, 7) is 6.86. The number of likely N-dealkylation sites (tertiary alicyclic amines) is 1. The lowest BCUT2D eigenvalue weighted by Crippen LogP contribution is -2.43. The Hall–Kier alpha value is -2.04. The number of nitrogens with two attached hydrogens (primary N) is 1. The third-order valence-corrected chi connectivity index (χ3v) is 3.75. The van der Waals surface area contributed by atoms with E-state index in [0.717, 1.165) is 18.4 Å². The van der Waals surface area contributed by atoms with Gasteiger partial charge in [-0.1, -0.05) is 12.1 Å². The van der Waals surface area contributed by atoms with Gasteiger partial charge in [0.15, 0.2) is 0 Å². The molecule has 1 saturated heterocycles. The number of nitrogens with zero attached hydrogens (tertiary/aromatic N) is 1. The summed E-state index contributed by atoms with van der Waals surface area (Å²) in [7, 11) is 0. The standard InChI is InChI=1S/C17H25N3O2/c1-17(2,3)22-16(21)20-9-7-12(8-10-20)15(19)13-5-4-6-14(18)11-13/h4-6,11-12,19H,7-10,18H2,1-3H3. The van der Waals surface area contributed by atoms with E-state index < -0.39 is 5.60 Å². The first-order chi connectivity index (χ1) is 10.3. The molecular formula is C17H25N3O2. The molecule has 1 aromatic carbocycles. The Bertz CT molecular complexity index is 555. The summed E-state index contributed by atoms with van der Waals surface area (Å²) < 4.78 is 5.39. The molecule has 1 aliphatic rings. The average Bonchev–Trinajstić information content (AvgIpc) is 2.45. The lowest BCUT2D eigenvalue weighted by atomic mass is 9.88. The molecule has 0 saturated carbocycles. The maximum Gasteiger partial charge on any atom is 0.410 e. The minimum absolute atomic E-state index is 0.167. The van der Waals surface area contributed by atoms with Gasteiger partial charge < -0.3 is 20.8 Å². The Kier molecular flexibility index (Phi) is 4.74. The number of rotatable bonds is 2. The Morgan fingerprint density at radius 2 is 1.95 bits per heavy atom. The lowest BCUT2D eigenvalue weighted by molar-refractivity contribution is 0.0202. The van der Waals surface area contributed by atoms with Crippen molar-refractivity contribution in [1.82, 2.24) is 4.90 Å². The van der Waals surface area contributed by atoms with Crippen LogP contribution in [0.3, 0.4) is 0 Å². The van der Waals surface area contributed by atoms with Crippen LogP contribution in [0, 0.1) is 11.3 Å². The van der Waals surface area contributed by atoms with Crippen LogP contribution in [0.15, 0.2) is 24.3 Å². The highest BCUT2D eigenvalue weighted by molar-refractivity contribution is 6.00. The summed E-state index contributed by atoms with van der Waals surface area (Å²) in [6.07, 6.45) is 1.31. The van der Waals surface area contributed by atoms with Crippen molar-refractivity contribution in [3.63, 3.8) is 0 Å². The summed E-state index contributed by atoms with van der Waals surface area (Å²) in [5.74, 6) is 0.167. The van der Waals surface area contributed by atoms with Crippen molar-refractivity contribution in [1.29, 1.82) is 5.41 Å². The van der Waals surface area contributed by atoms with Crippen molar-refractivity contribution < 1.29 is 9.53 Å². The Balaban J connectivity index is 1.92. The van der Waals surface area contributed by atoms with E-state index in [1.165, 1.54) is 0 Å². The normalized spacial score (nSPS) is 16.4. The fraction of sp³-hybridized carbons (Fsp3) is 0.529. The molecule has 0 spiro atoms. The number of benzene rings is 1. The van der Waals surface area contributed by atoms with Crippen LogP contribution in [0.25, 0.3) is 0 Å². The SMILES string of the molecule is CC(C)(C)OC(=O)N1CCC(C(=N)c2cccc(N)c2)CC1. The van der Waals surface area contributed by atoms with Gasteiger partial charge in [-0.3, -0.25) is 0 Å². The molecule has 1 amide bonds. The first-order valence-corrected chi connectivity index (χ1v) is 7.68. The fourth-order valence-electron chi connectivity index (χ4n) is 2.62. The van der Waals surface area contributed by atoms with Gasteiger partial charge in [-0.25, -0.2) is 4.79 Å². The van der Waals surface area contributed by atoms with Crippen LogP contribution in [-0.2, 0) is 4.74 Å². The van der Waals surface area contributed by atoms with Gasteiger partial charge in [-0.05, 0) is 51.3 Å². The van der Waals surface area contributed by atoms with Crippen molar-refractivity contribution in [2.75, 3.05) is 18.8 Å². The largest absolute Gasteiger partial charge is 0.444 e. The maximum atomic E-state index is 12.0. The molecule has 0 radical (unpaired) electrons. The molecule has 2 rings (SSSR count). The zero-order chi connectivity index (χ0) is 16.3. The number of anilines is 1. The van der Waals surface area contributed by atoms with E-state index in [1.807, 2.05) is 45.0 Å². The highest BCUT2D eigenvalue weighted by Gasteiger charge is 2.28. The van der Waals surface area contributed by atoms with Gasteiger partial charge in [0, 0.05) is 30.4 Å². The van der Waals surface area contributed by atoms with Crippen LogP contribution in [0.4, 0.5) is 10.5 Å². The molecule has 1 aliphatic heterocycles. The van der Waals surface area contributed by atoms with Crippen LogP contribution >= 0.6 is 0 Å². The van der Waals surface area contributed by atoms with Gasteiger partial charge in [0.2, 0.25) is 0 Å². The van der Waals surface area contributed by atoms with Crippen LogP contribution < -0.4 is 5.73 Å². The first kappa shape index (κ1) is 16.3. The number of hydrogen-bond acceptors (Lipinski definition) is 4. The molecule has 1 fully saturated rings. The minimum atomic E-state index is -0.470. The second-order valence-electron chi connectivity index (χ2n) is 6.78. The number of amides is 1. The molecule has 1 heterocycles. The maximum absolute atomic E-state index is 12.0. The van der Waals surface area contributed by atoms with E-state index in [0.29, 0.717) is 24.5 Å². The molecule has 1 aromatic rings. The van der Waals surface area contributed by atoms with Gasteiger partial charge in [0.1, 0.15) is 5.60 Å². The summed E-state index contributed by atoms with van der Waals surface area (Å²) >= 11 is 0. The average molecular weight is 303 g/mol. The highest BCUT2D eigenvalue weighted by Crippen LogP contribution is 2.23. The quantitative estimate of drug-likeness (QED) is 0.650. The van der Waals surface area contributed by atoms with Gasteiger partial charge in [-0.2, -0.15) is 0 Å². The Morgan fingerprint density at radius 3 is 2.50 bits per heavy atom. The molecule has 5 nitrogen and oxygen atoms in total. The molecule has 120 valence electrons. The lowest BCUT2D eigenvalue weighted by Gasteiger charge is -2.33. The van der Waals surface area contributed by atoms with E-state index in [2.05, 4.69) is 0 Å². The number of carbonyl (C=O) groups is 1. The highest BCUT2D eigenvalue weighted by atomic mass is 16.6. The summed E-state index contributed by atoms with van der Waals surface area (Å²) in [4.78, 5) is 13.8. The molecule has 0 atom stereocenters. The Labute approximate surface area is 132 Å². The predicted octanol–water partition coefficient (Wildman–Crippen LogP) is 3.28. The summed E-state index contributed by atoms with van der Waals surface area (Å²) in [5.41, 5.74) is 7.46. The van der Waals surface area contributed by atoms with Gasteiger partial charge in [0.25, 0.3) is 0 Å². The van der Waals surface area contributed by atoms with Gasteiger partial charge in [0.05, 0.1) is 0 Å². The molecule has 22 heavy (non-hydrogen) atoms. The number of nitrogens with one attached hydrogen (secondary N) is 1. The number of hydrogen-bond donors (Lipinski definition) is 2. The van der Waals surface area contributed by atoms with Crippen LogP contribution in [0.5, 0.6) is 0 Å². The first-order valence-electron chi connectivity index (χ1n) is 7.68. The minimum Gasteiger partial charge on any atom is -0.444 e. The topological polar surface area (TPSA) is 79.4 Å². The number of ether oxygens (including phenoxy) is 1. The summed E-state index contributed by atoms with van der Waals surface area (Å²) in [5, 5.41) is 8.35. The fourth-order valence-corrected chi connectivity index (χ4v) is 2.62. The monoisotopic (exact) mass is 303 g/mol. The van der Waals surface area contributed by atoms with Crippen LogP contribution in [-0.4, -0.2) is 35.4 Å². The molecule has 0 unspecified atom stereocenters. The zero-order valence-corrected chi connectivity index (χ0v) is 13.6. The molecule has 0 bridgehead atoms. The zero-order valence-electron chi connectivity index (χ0n) is 13.6. The van der Waals surface area contributed by atoms with Crippen molar-refractivity contribution >= 4 is 17.5 Å². The molecule has 0 aromatic heterocycles. The number of nitrogen functional groups attached to an aromatic ring is 1. The van der Waals surface area contributed by atoms with Crippen LogP contribution in [0.1, 0.15) is 39.2 Å². The number of carbonyl (C=O) groups excluding carboxylic acids is 1. The van der Waals surface area contributed by atoms with Crippen molar-refractivity contribution in [2.24, 2.45) is 5.92 Å². The molecule has 5 heteroatoms. The van der Waals surface area contributed by atoms with Crippen LogP contribution in [0.2, 0.25) is 0 Å². The van der Waals surface area contributed by atoms with Crippen molar-refractivity contribution in [3.05, 3.63) is 29.8 Å². The number of piperidine rings is 1. The van der Waals surface area contributed by atoms with E-state index in [9.17, 15) is 4.79 Å². The molecular weight excluding hydrogens is 278 g/mol. The van der Waals surface area contributed by atoms with E-state index in [-0.39, 0.29) is 12.0 Å². The van der Waals surface area contributed by atoms with E-state index in [1.54, 1.807) is 4.90 Å². The second-order valence-corrected chi connectivity index (χ2v) is 6.78. The smallest absolute Gasteiger partial charge is 0.410 e. The third-order valence-electron chi connectivity index (χ3n) is 3.75. The summed E-state index contributed by atoms with van der Waals surface area (Å²) in [6, 6.07) is 7.44. The second kappa shape index (κ2) is 6.38. The Morgan fingerprint density at radius 1 is 1.32 bits per heavy atom. The van der Waals surface area contributed by atoms with Crippen molar-refractivity contribution in [3.8, 4) is 0 Å². The predicted molar refractivity (Wildman–Crippen MR) is 88.2 cm³/mol.